The van der Waals surface area contributed by atoms with Crippen LogP contribution in [0.1, 0.15) is 22.8 Å². The van der Waals surface area contributed by atoms with E-state index in [2.05, 4.69) is 82.8 Å². The third kappa shape index (κ3) is 5.05. The Morgan fingerprint density at radius 1 is 0.388 bits per heavy atom. The van der Waals surface area contributed by atoms with Crippen molar-refractivity contribution in [3.8, 4) is 50.3 Å². The molecule has 0 spiro atoms. The standard InChI is InChI=1S/C44H30N4O/c49-44-38-27-32-21-22-33(45-32)39(28-13-5-1-6-14-28)34-23-24-35(46-34)40(29-15-7-2-8-16-29)36-25-26-37(47-36)41(30-17-9-3-10-18-30)43(48-38)42(44)31-19-11-4-12-20-31/h1-27,46,48-49H. The summed E-state index contributed by atoms with van der Waals surface area (Å²) < 4.78 is 0. The number of aromatic amines is 2. The number of hydrogen-bond acceptors (Lipinski definition) is 3. The van der Waals surface area contributed by atoms with Gasteiger partial charge in [0.25, 0.3) is 0 Å². The van der Waals surface area contributed by atoms with E-state index in [-0.39, 0.29) is 5.75 Å². The molecule has 0 saturated carbocycles. The van der Waals surface area contributed by atoms with E-state index in [1.165, 1.54) is 0 Å². The predicted octanol–water partition coefficient (Wildman–Crippen LogP) is 11.0. The van der Waals surface area contributed by atoms with Gasteiger partial charge in [0.2, 0.25) is 0 Å². The fraction of sp³-hybridized carbons (Fsp3) is 0. The van der Waals surface area contributed by atoms with Crippen molar-refractivity contribution in [1.82, 2.24) is 19.9 Å². The van der Waals surface area contributed by atoms with Crippen LogP contribution in [0.5, 0.6) is 5.75 Å². The minimum atomic E-state index is 0.160. The molecule has 7 aromatic rings. The summed E-state index contributed by atoms with van der Waals surface area (Å²) in [6.45, 7) is 0. The molecule has 49 heavy (non-hydrogen) atoms. The van der Waals surface area contributed by atoms with Crippen LogP contribution < -0.4 is 0 Å². The molecule has 2 aliphatic heterocycles. The van der Waals surface area contributed by atoms with Crippen LogP contribution in [0, 0.1) is 0 Å². The van der Waals surface area contributed by atoms with Crippen LogP contribution in [0.3, 0.4) is 0 Å². The lowest BCUT2D eigenvalue weighted by Gasteiger charge is -2.07. The van der Waals surface area contributed by atoms with Crippen molar-refractivity contribution in [1.29, 1.82) is 0 Å². The Bertz CT molecular complexity index is 2580. The molecule has 2 aliphatic rings. The maximum absolute atomic E-state index is 12.0. The molecule has 232 valence electrons. The lowest BCUT2D eigenvalue weighted by atomic mass is 9.98. The van der Waals surface area contributed by atoms with Gasteiger partial charge in [-0.2, -0.15) is 0 Å². The summed E-state index contributed by atoms with van der Waals surface area (Å²) in [6.07, 6.45) is 8.20. The van der Waals surface area contributed by atoms with Gasteiger partial charge in [0, 0.05) is 33.3 Å². The first kappa shape index (κ1) is 28.5. The van der Waals surface area contributed by atoms with E-state index in [0.29, 0.717) is 11.1 Å². The summed E-state index contributed by atoms with van der Waals surface area (Å²) in [7, 11) is 0. The molecule has 0 amide bonds. The van der Waals surface area contributed by atoms with Crippen molar-refractivity contribution in [2.24, 2.45) is 0 Å². The number of aromatic hydroxyl groups is 1. The van der Waals surface area contributed by atoms with Gasteiger partial charge in [-0.05, 0) is 64.8 Å². The number of hydrogen-bond donors (Lipinski definition) is 3. The Morgan fingerprint density at radius 2 is 0.816 bits per heavy atom. The smallest absolute Gasteiger partial charge is 0.149 e. The van der Waals surface area contributed by atoms with E-state index in [1.54, 1.807) is 0 Å². The van der Waals surface area contributed by atoms with Crippen LogP contribution in [-0.4, -0.2) is 25.0 Å². The first-order valence-corrected chi connectivity index (χ1v) is 16.3. The molecular weight excluding hydrogens is 601 g/mol. The monoisotopic (exact) mass is 630 g/mol. The molecule has 9 rings (SSSR count). The van der Waals surface area contributed by atoms with Crippen molar-refractivity contribution < 1.29 is 5.11 Å². The SMILES string of the molecule is Oc1c(-c2ccccc2)c2[nH]c1cc1nc(c(-c3ccccc3)c3ccc([nH]3)c(-c3ccccc3)c3nc(c2-c2ccccc2)C=C3)C=C1. The molecule has 3 N–H and O–H groups in total. The van der Waals surface area contributed by atoms with Gasteiger partial charge in [0.15, 0.2) is 0 Å². The molecule has 5 heterocycles. The molecule has 0 saturated heterocycles. The number of benzene rings is 4. The average Bonchev–Trinajstić information content (AvgIpc) is 3.97. The van der Waals surface area contributed by atoms with Gasteiger partial charge >= 0.3 is 0 Å². The number of fused-ring (bicyclic) bond motifs is 8. The van der Waals surface area contributed by atoms with Gasteiger partial charge in [-0.3, -0.25) is 0 Å². The summed E-state index contributed by atoms with van der Waals surface area (Å²) >= 11 is 0. The first-order valence-electron chi connectivity index (χ1n) is 16.3. The second-order valence-electron chi connectivity index (χ2n) is 12.1. The van der Waals surface area contributed by atoms with Gasteiger partial charge in [0.05, 0.1) is 33.8 Å². The van der Waals surface area contributed by atoms with Crippen LogP contribution in [0.25, 0.3) is 90.9 Å². The van der Waals surface area contributed by atoms with Gasteiger partial charge < -0.3 is 15.1 Å². The average molecular weight is 631 g/mol. The van der Waals surface area contributed by atoms with E-state index < -0.39 is 0 Å². The Hall–Kier alpha value is -6.72. The minimum Gasteiger partial charge on any atom is -0.505 e. The Balaban J connectivity index is 1.50. The maximum atomic E-state index is 12.0. The summed E-state index contributed by atoms with van der Waals surface area (Å²) in [5.41, 5.74) is 14.0. The van der Waals surface area contributed by atoms with Gasteiger partial charge in [-0.25, -0.2) is 9.97 Å². The highest BCUT2D eigenvalue weighted by Gasteiger charge is 2.21. The first-order chi connectivity index (χ1) is 24.2. The maximum Gasteiger partial charge on any atom is 0.149 e. The van der Waals surface area contributed by atoms with Crippen molar-refractivity contribution in [2.45, 2.75) is 0 Å². The number of aromatic nitrogens is 4. The molecule has 0 unspecified atom stereocenters. The Labute approximate surface area is 283 Å². The Kier molecular flexibility index (Phi) is 6.87. The molecule has 5 nitrogen and oxygen atoms in total. The zero-order chi connectivity index (χ0) is 32.7. The van der Waals surface area contributed by atoms with Crippen molar-refractivity contribution in [2.75, 3.05) is 0 Å². The molecule has 4 aromatic carbocycles. The molecule has 8 bridgehead atoms. The molecular formula is C44H30N4O. The van der Waals surface area contributed by atoms with Gasteiger partial charge in [-0.1, -0.05) is 121 Å². The largest absolute Gasteiger partial charge is 0.505 e. The van der Waals surface area contributed by atoms with Crippen LogP contribution in [-0.2, 0) is 0 Å². The third-order valence-corrected chi connectivity index (χ3v) is 9.09. The summed E-state index contributed by atoms with van der Waals surface area (Å²) in [6, 6.07) is 47.1. The highest BCUT2D eigenvalue weighted by atomic mass is 16.3. The summed E-state index contributed by atoms with van der Waals surface area (Å²) in [5, 5.41) is 12.0. The van der Waals surface area contributed by atoms with E-state index in [1.807, 2.05) is 91.0 Å². The lowest BCUT2D eigenvalue weighted by molar-refractivity contribution is 0.484. The topological polar surface area (TPSA) is 77.6 Å². The van der Waals surface area contributed by atoms with Crippen LogP contribution in [0.15, 0.2) is 140 Å². The van der Waals surface area contributed by atoms with Crippen LogP contribution in [0.2, 0.25) is 0 Å². The van der Waals surface area contributed by atoms with E-state index in [4.69, 9.17) is 9.97 Å². The number of nitrogens with one attached hydrogen (secondary N) is 2. The van der Waals surface area contributed by atoms with E-state index in [9.17, 15) is 5.11 Å². The summed E-state index contributed by atoms with van der Waals surface area (Å²) in [5.74, 6) is 0.160. The lowest BCUT2D eigenvalue weighted by Crippen LogP contribution is -1.89. The highest BCUT2D eigenvalue weighted by Crippen LogP contribution is 2.43. The zero-order valence-electron chi connectivity index (χ0n) is 26.4. The third-order valence-electron chi connectivity index (χ3n) is 9.09. The van der Waals surface area contributed by atoms with Crippen molar-refractivity contribution in [3.63, 3.8) is 0 Å². The molecule has 0 atom stereocenters. The zero-order valence-corrected chi connectivity index (χ0v) is 26.4. The second-order valence-corrected chi connectivity index (χ2v) is 12.1. The second kappa shape index (κ2) is 11.8. The van der Waals surface area contributed by atoms with Crippen molar-refractivity contribution in [3.05, 3.63) is 162 Å². The molecule has 0 fully saturated rings. The van der Waals surface area contributed by atoms with Crippen LogP contribution in [0.4, 0.5) is 0 Å². The number of H-pyrrole nitrogens is 2. The normalized spacial score (nSPS) is 12.0. The van der Waals surface area contributed by atoms with Gasteiger partial charge in [-0.15, -0.1) is 0 Å². The fourth-order valence-electron chi connectivity index (χ4n) is 6.88. The van der Waals surface area contributed by atoms with E-state index in [0.717, 1.165) is 78.3 Å². The predicted molar refractivity (Wildman–Crippen MR) is 202 cm³/mol. The quantitative estimate of drug-likeness (QED) is 0.181. The minimum absolute atomic E-state index is 0.160. The Morgan fingerprint density at radius 3 is 1.35 bits per heavy atom. The number of nitrogens with zero attached hydrogens (tertiary/aromatic N) is 2. The van der Waals surface area contributed by atoms with Crippen LogP contribution >= 0.6 is 0 Å². The molecule has 3 aromatic heterocycles. The molecule has 0 radical (unpaired) electrons. The molecule has 5 heteroatoms. The van der Waals surface area contributed by atoms with E-state index >= 15 is 0 Å². The highest BCUT2D eigenvalue weighted by molar-refractivity contribution is 6.04. The van der Waals surface area contributed by atoms with Gasteiger partial charge in [0.1, 0.15) is 5.75 Å². The van der Waals surface area contributed by atoms with Crippen molar-refractivity contribution >= 4 is 46.4 Å². The molecule has 0 aliphatic carbocycles. The fourth-order valence-corrected chi connectivity index (χ4v) is 6.88. The number of rotatable bonds is 4. The summed E-state index contributed by atoms with van der Waals surface area (Å²) in [4.78, 5) is 17.8.